The van der Waals surface area contributed by atoms with E-state index in [2.05, 4.69) is 45.2 Å². The lowest BCUT2D eigenvalue weighted by Gasteiger charge is -2.35. The van der Waals surface area contributed by atoms with Crippen LogP contribution in [0, 0.1) is 6.92 Å². The third-order valence-electron chi connectivity index (χ3n) is 5.74. The first-order chi connectivity index (χ1) is 15.0. The van der Waals surface area contributed by atoms with Gasteiger partial charge in [0.05, 0.1) is 20.1 Å². The fourth-order valence-corrected chi connectivity index (χ4v) is 3.99. The first kappa shape index (κ1) is 20.9. The van der Waals surface area contributed by atoms with Gasteiger partial charge in [0.1, 0.15) is 0 Å². The van der Waals surface area contributed by atoms with Crippen LogP contribution in [0.2, 0.25) is 0 Å². The summed E-state index contributed by atoms with van der Waals surface area (Å²) in [4.78, 5) is 31.6. The van der Waals surface area contributed by atoms with E-state index in [1.807, 2.05) is 30.5 Å². The van der Waals surface area contributed by atoms with E-state index in [1.165, 1.54) is 12.7 Å². The molecule has 1 aliphatic rings. The van der Waals surface area contributed by atoms with Gasteiger partial charge < -0.3 is 19.9 Å². The molecule has 0 radical (unpaired) electrons. The molecule has 2 heterocycles. The van der Waals surface area contributed by atoms with Crippen LogP contribution in [0.5, 0.6) is 0 Å². The summed E-state index contributed by atoms with van der Waals surface area (Å²) >= 11 is 0. The predicted molar refractivity (Wildman–Crippen MR) is 122 cm³/mol. The zero-order valence-corrected chi connectivity index (χ0v) is 18.0. The van der Waals surface area contributed by atoms with Crippen LogP contribution < -0.4 is 10.2 Å². The van der Waals surface area contributed by atoms with Gasteiger partial charge in [-0.25, -0.2) is 0 Å². The highest BCUT2D eigenvalue weighted by atomic mass is 16.5. The summed E-state index contributed by atoms with van der Waals surface area (Å²) in [6.45, 7) is 5.73. The molecule has 1 amide bonds. The van der Waals surface area contributed by atoms with Crippen molar-refractivity contribution in [2.24, 2.45) is 0 Å². The van der Waals surface area contributed by atoms with E-state index in [1.54, 1.807) is 0 Å². The van der Waals surface area contributed by atoms with E-state index < -0.39 is 0 Å². The fraction of sp³-hybridized carbons (Fsp3) is 0.333. The van der Waals surface area contributed by atoms with Gasteiger partial charge in [-0.1, -0.05) is 12.1 Å². The number of fused-ring (bicyclic) bond motifs is 1. The van der Waals surface area contributed by atoms with Crippen molar-refractivity contribution in [3.05, 3.63) is 59.8 Å². The number of H-pyrrole nitrogens is 1. The first-order valence-corrected chi connectivity index (χ1v) is 10.5. The van der Waals surface area contributed by atoms with E-state index in [4.69, 9.17) is 4.74 Å². The maximum Gasteiger partial charge on any atom is 0.319 e. The van der Waals surface area contributed by atoms with E-state index in [0.717, 1.165) is 54.0 Å². The molecular formula is C24H28N4O3. The van der Waals surface area contributed by atoms with Crippen LogP contribution in [0.3, 0.4) is 0 Å². The Balaban J connectivity index is 1.31. The monoisotopic (exact) mass is 420 g/mol. The molecule has 162 valence electrons. The molecule has 3 aromatic rings. The number of anilines is 2. The van der Waals surface area contributed by atoms with Crippen molar-refractivity contribution in [1.29, 1.82) is 0 Å². The Morgan fingerprint density at radius 2 is 1.81 bits per heavy atom. The van der Waals surface area contributed by atoms with Crippen LogP contribution in [-0.4, -0.2) is 61.6 Å². The van der Waals surface area contributed by atoms with E-state index in [0.29, 0.717) is 13.0 Å². The minimum atomic E-state index is -0.198. The van der Waals surface area contributed by atoms with Crippen LogP contribution in [-0.2, 0) is 20.7 Å². The number of aryl methyl sites for hydroxylation is 1. The number of nitrogens with zero attached hydrogens (tertiary/aromatic N) is 2. The highest BCUT2D eigenvalue weighted by molar-refractivity contribution is 5.96. The number of piperazine rings is 1. The average Bonchev–Trinajstić information content (AvgIpc) is 3.16. The van der Waals surface area contributed by atoms with Gasteiger partial charge in [-0.2, -0.15) is 0 Å². The number of carbonyl (C=O) groups is 2. The van der Waals surface area contributed by atoms with Crippen molar-refractivity contribution in [1.82, 2.24) is 9.88 Å². The Morgan fingerprint density at radius 1 is 1.06 bits per heavy atom. The second-order valence-electron chi connectivity index (χ2n) is 7.97. The molecule has 0 aliphatic carbocycles. The topological polar surface area (TPSA) is 77.7 Å². The van der Waals surface area contributed by atoms with Crippen molar-refractivity contribution in [3.8, 4) is 0 Å². The van der Waals surface area contributed by atoms with Crippen molar-refractivity contribution in [3.63, 3.8) is 0 Å². The van der Waals surface area contributed by atoms with Crippen LogP contribution in [0.4, 0.5) is 11.4 Å². The minimum Gasteiger partial charge on any atom is -0.468 e. The summed E-state index contributed by atoms with van der Waals surface area (Å²) in [7, 11) is 1.42. The Hall–Kier alpha value is -3.32. The highest BCUT2D eigenvalue weighted by Crippen LogP contribution is 2.22. The van der Waals surface area contributed by atoms with Gasteiger partial charge in [-0.3, -0.25) is 14.5 Å². The first-order valence-electron chi connectivity index (χ1n) is 10.5. The molecule has 7 nitrogen and oxygen atoms in total. The van der Waals surface area contributed by atoms with Gasteiger partial charge in [-0.05, 0) is 48.4 Å². The molecule has 1 aliphatic heterocycles. The Bertz CT molecular complexity index is 1070. The number of ether oxygens (including phenoxy) is 1. The number of benzene rings is 2. The molecule has 4 rings (SSSR count). The second-order valence-corrected chi connectivity index (χ2v) is 7.97. The molecule has 1 aromatic heterocycles. The van der Waals surface area contributed by atoms with Crippen molar-refractivity contribution >= 4 is 34.2 Å². The third kappa shape index (κ3) is 5.06. The number of hydrogen-bond acceptors (Lipinski definition) is 5. The highest BCUT2D eigenvalue weighted by Gasteiger charge is 2.19. The maximum atomic E-state index is 12.5. The molecule has 31 heavy (non-hydrogen) atoms. The molecule has 7 heteroatoms. The minimum absolute atomic E-state index is 0.0364. The van der Waals surface area contributed by atoms with Crippen LogP contribution in [0.25, 0.3) is 10.9 Å². The lowest BCUT2D eigenvalue weighted by atomic mass is 10.1. The molecule has 1 saturated heterocycles. The number of rotatable bonds is 6. The van der Waals surface area contributed by atoms with E-state index in [-0.39, 0.29) is 11.9 Å². The quantitative estimate of drug-likeness (QED) is 0.600. The summed E-state index contributed by atoms with van der Waals surface area (Å²) in [5, 5.41) is 4.08. The van der Waals surface area contributed by atoms with Crippen molar-refractivity contribution < 1.29 is 14.3 Å². The zero-order chi connectivity index (χ0) is 21.8. The molecule has 0 atom stereocenters. The number of esters is 1. The lowest BCUT2D eigenvalue weighted by Crippen LogP contribution is -2.48. The van der Waals surface area contributed by atoms with Crippen molar-refractivity contribution in [2.75, 3.05) is 50.1 Å². The molecule has 2 aromatic carbocycles. The van der Waals surface area contributed by atoms with Crippen LogP contribution in [0.15, 0.2) is 48.7 Å². The Morgan fingerprint density at radius 3 is 2.52 bits per heavy atom. The smallest absolute Gasteiger partial charge is 0.319 e. The summed E-state index contributed by atoms with van der Waals surface area (Å²) in [5.74, 6) is -0.234. The normalized spacial score (nSPS) is 14.6. The van der Waals surface area contributed by atoms with Gasteiger partial charge in [0, 0.05) is 54.7 Å². The molecule has 0 bridgehead atoms. The maximum absolute atomic E-state index is 12.5. The zero-order valence-electron chi connectivity index (χ0n) is 18.0. The third-order valence-corrected chi connectivity index (χ3v) is 5.74. The number of carbonyl (C=O) groups excluding carboxylic acids is 2. The Labute approximate surface area is 182 Å². The van der Waals surface area contributed by atoms with Gasteiger partial charge >= 0.3 is 5.97 Å². The van der Waals surface area contributed by atoms with Crippen molar-refractivity contribution in [2.45, 2.75) is 13.3 Å². The van der Waals surface area contributed by atoms with Gasteiger partial charge in [0.15, 0.2) is 0 Å². The molecule has 0 unspecified atom stereocenters. The van der Waals surface area contributed by atoms with Gasteiger partial charge in [-0.15, -0.1) is 0 Å². The number of methoxy groups -OCH3 is 1. The molecular weight excluding hydrogens is 392 g/mol. The molecule has 1 fully saturated rings. The van der Waals surface area contributed by atoms with E-state index >= 15 is 0 Å². The molecule has 0 saturated carbocycles. The summed E-state index contributed by atoms with van der Waals surface area (Å²) < 4.78 is 4.74. The Kier molecular flexibility index (Phi) is 6.23. The van der Waals surface area contributed by atoms with Gasteiger partial charge in [0.25, 0.3) is 0 Å². The lowest BCUT2D eigenvalue weighted by molar-refractivity contribution is -0.142. The molecule has 2 N–H and O–H groups in total. The summed E-state index contributed by atoms with van der Waals surface area (Å²) in [6.07, 6.45) is 2.24. The fourth-order valence-electron chi connectivity index (χ4n) is 3.99. The average molecular weight is 421 g/mol. The van der Waals surface area contributed by atoms with Crippen LogP contribution in [0.1, 0.15) is 11.1 Å². The van der Waals surface area contributed by atoms with Gasteiger partial charge in [0.2, 0.25) is 5.91 Å². The van der Waals surface area contributed by atoms with Crippen LogP contribution >= 0.6 is 0 Å². The SMILES string of the molecule is COC(=O)CN1CCN(c2ccc(NC(=O)Cc3c[nH]c4cc(C)ccc34)cc2)CC1. The largest absolute Gasteiger partial charge is 0.468 e. The molecule has 0 spiro atoms. The summed E-state index contributed by atoms with van der Waals surface area (Å²) in [6, 6.07) is 14.1. The summed E-state index contributed by atoms with van der Waals surface area (Å²) in [5.41, 5.74) is 5.14. The second kappa shape index (κ2) is 9.22. The predicted octanol–water partition coefficient (Wildman–Crippen LogP) is 2.95. The van der Waals surface area contributed by atoms with E-state index in [9.17, 15) is 9.59 Å². The number of aromatic amines is 1. The number of aromatic nitrogens is 1. The number of amides is 1. The number of hydrogen-bond donors (Lipinski definition) is 2. The number of nitrogens with one attached hydrogen (secondary N) is 2. The standard InChI is InChI=1S/C24H28N4O3/c1-17-3-8-21-18(15-25-22(21)13-17)14-23(29)26-19-4-6-20(7-5-19)28-11-9-27(10-12-28)16-24(30)31-2/h3-8,13,15,25H,9-12,14,16H2,1-2H3,(H,26,29).